The minimum absolute atomic E-state index is 0.119. The van der Waals surface area contributed by atoms with Crippen molar-refractivity contribution in [2.45, 2.75) is 56.4 Å². The van der Waals surface area contributed by atoms with Gasteiger partial charge in [0.2, 0.25) is 11.1 Å². The fourth-order valence-corrected chi connectivity index (χ4v) is 4.62. The van der Waals surface area contributed by atoms with E-state index in [2.05, 4.69) is 15.2 Å². The third-order valence-electron chi connectivity index (χ3n) is 5.09. The molecule has 1 aliphatic rings. The summed E-state index contributed by atoms with van der Waals surface area (Å²) in [7, 11) is 0. The second kappa shape index (κ2) is 9.21. The van der Waals surface area contributed by atoms with Crippen LogP contribution in [0.1, 0.15) is 56.2 Å². The lowest BCUT2D eigenvalue weighted by Crippen LogP contribution is -2.33. The van der Waals surface area contributed by atoms with E-state index in [1.807, 2.05) is 49.1 Å². The molecular weight excluding hydrogens is 344 g/mol. The van der Waals surface area contributed by atoms with E-state index in [9.17, 15) is 4.79 Å². The second-order valence-electron chi connectivity index (χ2n) is 6.84. The predicted molar refractivity (Wildman–Crippen MR) is 105 cm³/mol. The zero-order chi connectivity index (χ0) is 18.4. The number of likely N-dealkylation sites (N-methyl/N-ethyl adjacent to an activating group) is 1. The van der Waals surface area contributed by atoms with Crippen LogP contribution in [0.4, 0.5) is 0 Å². The summed E-state index contributed by atoms with van der Waals surface area (Å²) in [4.78, 5) is 19.6. The minimum atomic E-state index is -0.314. The molecular formula is C20H28N4OS. The van der Waals surface area contributed by atoms with Crippen LogP contribution in [-0.4, -0.2) is 39.1 Å². The quantitative estimate of drug-likeness (QED) is 0.704. The van der Waals surface area contributed by atoms with Crippen LogP contribution in [0, 0.1) is 5.92 Å². The van der Waals surface area contributed by atoms with Crippen LogP contribution < -0.4 is 0 Å². The lowest BCUT2D eigenvalue weighted by Gasteiger charge is -2.24. The molecule has 1 N–H and O–H groups in total. The molecule has 1 fully saturated rings. The average Bonchev–Trinajstić information content (AvgIpc) is 3.34. The van der Waals surface area contributed by atoms with E-state index in [0.717, 1.165) is 23.7 Å². The summed E-state index contributed by atoms with van der Waals surface area (Å²) in [6, 6.07) is 9.93. The van der Waals surface area contributed by atoms with Gasteiger partial charge in [-0.2, -0.15) is 0 Å². The van der Waals surface area contributed by atoms with Gasteiger partial charge >= 0.3 is 0 Å². The number of thioether (sulfide) groups is 1. The van der Waals surface area contributed by atoms with E-state index in [4.69, 9.17) is 0 Å². The van der Waals surface area contributed by atoms with Gasteiger partial charge < -0.3 is 4.90 Å². The summed E-state index contributed by atoms with van der Waals surface area (Å²) in [5.41, 5.74) is 0.997. The Kier molecular flexibility index (Phi) is 6.72. The largest absolute Gasteiger partial charge is 0.342 e. The van der Waals surface area contributed by atoms with Crippen molar-refractivity contribution in [2.24, 2.45) is 5.92 Å². The Morgan fingerprint density at radius 2 is 1.92 bits per heavy atom. The van der Waals surface area contributed by atoms with Crippen LogP contribution in [0.5, 0.6) is 0 Å². The number of benzene rings is 1. The first kappa shape index (κ1) is 19.0. The molecule has 0 aliphatic heterocycles. The SMILES string of the molecule is CCN(CC)C(=O)C(Sc1n[nH]c(CC2CCCC2)n1)c1ccccc1. The predicted octanol–water partition coefficient (Wildman–Crippen LogP) is 4.24. The number of amides is 1. The smallest absolute Gasteiger partial charge is 0.240 e. The van der Waals surface area contributed by atoms with Crippen molar-refractivity contribution in [3.8, 4) is 0 Å². The molecule has 0 saturated heterocycles. The fraction of sp³-hybridized carbons (Fsp3) is 0.550. The monoisotopic (exact) mass is 372 g/mol. The van der Waals surface area contributed by atoms with E-state index in [1.165, 1.54) is 37.4 Å². The van der Waals surface area contributed by atoms with Gasteiger partial charge in [0.15, 0.2) is 0 Å². The molecule has 0 spiro atoms. The molecule has 1 amide bonds. The Hall–Kier alpha value is -1.82. The van der Waals surface area contributed by atoms with Gasteiger partial charge in [-0.3, -0.25) is 9.89 Å². The molecule has 5 nitrogen and oxygen atoms in total. The zero-order valence-electron chi connectivity index (χ0n) is 15.6. The van der Waals surface area contributed by atoms with Crippen molar-refractivity contribution in [3.63, 3.8) is 0 Å². The molecule has 6 heteroatoms. The number of rotatable bonds is 8. The summed E-state index contributed by atoms with van der Waals surface area (Å²) in [5.74, 6) is 1.79. The molecule has 26 heavy (non-hydrogen) atoms. The number of hydrogen-bond donors (Lipinski definition) is 1. The first-order valence-electron chi connectivity index (χ1n) is 9.62. The standard InChI is InChI=1S/C20H28N4OS/c1-3-24(4-2)19(25)18(16-12-6-5-7-13-16)26-20-21-17(22-23-20)14-15-10-8-9-11-15/h5-7,12-13,15,18H,3-4,8-11,14H2,1-2H3,(H,21,22,23). The zero-order valence-corrected chi connectivity index (χ0v) is 16.5. The van der Waals surface area contributed by atoms with Gasteiger partial charge in [-0.25, -0.2) is 4.98 Å². The van der Waals surface area contributed by atoms with Crippen molar-refractivity contribution >= 4 is 17.7 Å². The van der Waals surface area contributed by atoms with Crippen molar-refractivity contribution in [2.75, 3.05) is 13.1 Å². The number of nitrogens with zero attached hydrogens (tertiary/aromatic N) is 3. The average molecular weight is 373 g/mol. The summed E-state index contributed by atoms with van der Waals surface area (Å²) in [5, 5.41) is 7.80. The maximum atomic E-state index is 13.0. The Morgan fingerprint density at radius 1 is 1.23 bits per heavy atom. The van der Waals surface area contributed by atoms with Gasteiger partial charge in [0, 0.05) is 19.5 Å². The summed E-state index contributed by atoms with van der Waals surface area (Å²) >= 11 is 1.44. The summed E-state index contributed by atoms with van der Waals surface area (Å²) in [6.45, 7) is 5.45. The Morgan fingerprint density at radius 3 is 2.58 bits per heavy atom. The molecule has 140 valence electrons. The number of carbonyl (C=O) groups is 1. The highest BCUT2D eigenvalue weighted by Crippen LogP contribution is 2.35. The number of hydrogen-bond acceptors (Lipinski definition) is 4. The summed E-state index contributed by atoms with van der Waals surface area (Å²) in [6.07, 6.45) is 6.20. The van der Waals surface area contributed by atoms with E-state index < -0.39 is 0 Å². The first-order chi connectivity index (χ1) is 12.7. The normalized spacial score (nSPS) is 15.9. The van der Waals surface area contributed by atoms with E-state index in [-0.39, 0.29) is 11.2 Å². The summed E-state index contributed by atoms with van der Waals surface area (Å²) < 4.78 is 0. The van der Waals surface area contributed by atoms with Crippen molar-refractivity contribution < 1.29 is 4.79 Å². The molecule has 0 bridgehead atoms. The molecule has 1 heterocycles. The highest BCUT2D eigenvalue weighted by molar-refractivity contribution is 8.00. The number of aromatic nitrogens is 3. The first-order valence-corrected chi connectivity index (χ1v) is 10.5. The lowest BCUT2D eigenvalue weighted by atomic mass is 10.0. The minimum Gasteiger partial charge on any atom is -0.342 e. The van der Waals surface area contributed by atoms with Crippen LogP contribution in [-0.2, 0) is 11.2 Å². The van der Waals surface area contributed by atoms with Gasteiger partial charge in [0.25, 0.3) is 0 Å². The Bertz CT molecular complexity index is 693. The second-order valence-corrected chi connectivity index (χ2v) is 7.91. The van der Waals surface area contributed by atoms with Crippen LogP contribution in [0.25, 0.3) is 0 Å². The molecule has 1 aliphatic carbocycles. The van der Waals surface area contributed by atoms with Crippen LogP contribution in [0.3, 0.4) is 0 Å². The van der Waals surface area contributed by atoms with Gasteiger partial charge in [-0.15, -0.1) is 5.10 Å². The number of aromatic amines is 1. The van der Waals surface area contributed by atoms with Gasteiger partial charge in [0.1, 0.15) is 11.1 Å². The van der Waals surface area contributed by atoms with Gasteiger partial charge in [0.05, 0.1) is 0 Å². The van der Waals surface area contributed by atoms with Crippen LogP contribution >= 0.6 is 11.8 Å². The molecule has 2 aromatic rings. The number of nitrogens with one attached hydrogen (secondary N) is 1. The highest BCUT2D eigenvalue weighted by Gasteiger charge is 2.27. The molecule has 1 saturated carbocycles. The third-order valence-corrected chi connectivity index (χ3v) is 6.20. The van der Waals surface area contributed by atoms with Crippen molar-refractivity contribution in [3.05, 3.63) is 41.7 Å². The maximum absolute atomic E-state index is 13.0. The van der Waals surface area contributed by atoms with Gasteiger partial charge in [-0.1, -0.05) is 67.8 Å². The molecule has 1 aromatic carbocycles. The highest BCUT2D eigenvalue weighted by atomic mass is 32.2. The number of carbonyl (C=O) groups excluding carboxylic acids is 1. The fourth-order valence-electron chi connectivity index (χ4n) is 3.61. The van der Waals surface area contributed by atoms with Crippen molar-refractivity contribution in [1.29, 1.82) is 0 Å². The van der Waals surface area contributed by atoms with E-state index >= 15 is 0 Å². The Labute approximate surface area is 160 Å². The topological polar surface area (TPSA) is 61.9 Å². The molecule has 1 atom stereocenters. The molecule has 1 unspecified atom stereocenters. The van der Waals surface area contributed by atoms with Gasteiger partial charge in [-0.05, 0) is 25.3 Å². The lowest BCUT2D eigenvalue weighted by molar-refractivity contribution is -0.130. The molecule has 3 rings (SSSR count). The maximum Gasteiger partial charge on any atom is 0.240 e. The van der Waals surface area contributed by atoms with Crippen LogP contribution in [0.2, 0.25) is 0 Å². The van der Waals surface area contributed by atoms with Crippen LogP contribution in [0.15, 0.2) is 35.5 Å². The third kappa shape index (κ3) is 4.67. The Balaban J connectivity index is 1.75. The molecule has 1 aromatic heterocycles. The van der Waals surface area contributed by atoms with E-state index in [1.54, 1.807) is 0 Å². The van der Waals surface area contributed by atoms with Crippen molar-refractivity contribution in [1.82, 2.24) is 20.1 Å². The number of H-pyrrole nitrogens is 1. The molecule has 0 radical (unpaired) electrons. The van der Waals surface area contributed by atoms with E-state index in [0.29, 0.717) is 18.2 Å².